The molecule has 0 spiro atoms. The first-order chi connectivity index (χ1) is 8.09. The third kappa shape index (κ3) is 3.44. The summed E-state index contributed by atoms with van der Waals surface area (Å²) in [6, 6.07) is 8.10. The summed E-state index contributed by atoms with van der Waals surface area (Å²) in [6.45, 7) is 6.67. The molecule has 0 saturated carbocycles. The molecule has 1 aromatic rings. The molecule has 1 unspecified atom stereocenters. The van der Waals surface area contributed by atoms with Crippen molar-refractivity contribution in [3.63, 3.8) is 0 Å². The van der Waals surface area contributed by atoms with Crippen LogP contribution in [0.5, 0.6) is 0 Å². The Hall–Kier alpha value is -0.570. The van der Waals surface area contributed by atoms with Crippen LogP contribution in [-0.4, -0.2) is 31.6 Å². The van der Waals surface area contributed by atoms with E-state index in [0.29, 0.717) is 5.41 Å². The van der Waals surface area contributed by atoms with Gasteiger partial charge in [-0.25, -0.2) is 0 Å². The van der Waals surface area contributed by atoms with Gasteiger partial charge in [-0.2, -0.15) is 0 Å². The third-order valence-electron chi connectivity index (χ3n) is 3.51. The molecule has 2 rings (SSSR count). The molecule has 1 N–H and O–H groups in total. The van der Waals surface area contributed by atoms with Gasteiger partial charge in [0.2, 0.25) is 0 Å². The first-order valence-corrected chi connectivity index (χ1v) is 6.60. The summed E-state index contributed by atoms with van der Waals surface area (Å²) < 4.78 is 0. The number of hydrogen-bond donors (Lipinski definition) is 1. The molecule has 2 nitrogen and oxygen atoms in total. The van der Waals surface area contributed by atoms with Crippen LogP contribution in [-0.2, 0) is 6.54 Å². The standard InChI is InChI=1S/C14H21ClN2/c1-14(7-8-16-10-14)11-17(2)9-12-5-3-4-6-13(12)15/h3-6,16H,7-11H2,1-2H3. The average molecular weight is 253 g/mol. The molecule has 17 heavy (non-hydrogen) atoms. The summed E-state index contributed by atoms with van der Waals surface area (Å²) in [6.07, 6.45) is 1.26. The summed E-state index contributed by atoms with van der Waals surface area (Å²) in [5, 5.41) is 4.31. The van der Waals surface area contributed by atoms with Crippen molar-refractivity contribution in [1.29, 1.82) is 0 Å². The van der Waals surface area contributed by atoms with Crippen LogP contribution in [0.1, 0.15) is 18.9 Å². The van der Waals surface area contributed by atoms with E-state index < -0.39 is 0 Å². The Bertz CT molecular complexity index is 372. The van der Waals surface area contributed by atoms with Crippen molar-refractivity contribution < 1.29 is 0 Å². The van der Waals surface area contributed by atoms with E-state index in [0.717, 1.165) is 31.2 Å². The molecule has 1 aliphatic rings. The maximum absolute atomic E-state index is 6.18. The Morgan fingerprint density at radius 1 is 1.41 bits per heavy atom. The third-order valence-corrected chi connectivity index (χ3v) is 3.88. The maximum Gasteiger partial charge on any atom is 0.0451 e. The van der Waals surface area contributed by atoms with Crippen LogP contribution in [0.3, 0.4) is 0 Å². The van der Waals surface area contributed by atoms with Gasteiger partial charge in [0.25, 0.3) is 0 Å². The van der Waals surface area contributed by atoms with Crippen molar-refractivity contribution in [3.8, 4) is 0 Å². The van der Waals surface area contributed by atoms with Crippen molar-refractivity contribution in [2.24, 2.45) is 5.41 Å². The lowest BCUT2D eigenvalue weighted by Crippen LogP contribution is -2.34. The number of nitrogens with one attached hydrogen (secondary N) is 1. The van der Waals surface area contributed by atoms with Crippen LogP contribution < -0.4 is 5.32 Å². The first kappa shape index (κ1) is 12.9. The number of halogens is 1. The molecule has 0 aliphatic carbocycles. The Balaban J connectivity index is 1.93. The van der Waals surface area contributed by atoms with Gasteiger partial charge >= 0.3 is 0 Å². The molecular weight excluding hydrogens is 232 g/mol. The number of benzene rings is 1. The van der Waals surface area contributed by atoms with Crippen LogP contribution in [0, 0.1) is 5.41 Å². The lowest BCUT2D eigenvalue weighted by Gasteiger charge is -2.29. The van der Waals surface area contributed by atoms with Gasteiger partial charge < -0.3 is 10.2 Å². The molecule has 1 heterocycles. The topological polar surface area (TPSA) is 15.3 Å². The zero-order valence-electron chi connectivity index (χ0n) is 10.7. The van der Waals surface area contributed by atoms with E-state index in [1.54, 1.807) is 0 Å². The molecule has 1 fully saturated rings. The Kier molecular flexibility index (Phi) is 4.08. The SMILES string of the molecule is CN(Cc1ccccc1Cl)CC1(C)CCNC1. The van der Waals surface area contributed by atoms with Gasteiger partial charge in [0.05, 0.1) is 0 Å². The predicted molar refractivity (Wildman–Crippen MR) is 73.4 cm³/mol. The summed E-state index contributed by atoms with van der Waals surface area (Å²) in [5.74, 6) is 0. The van der Waals surface area contributed by atoms with Gasteiger partial charge in [0.15, 0.2) is 0 Å². The van der Waals surface area contributed by atoms with Gasteiger partial charge in [-0.05, 0) is 37.1 Å². The first-order valence-electron chi connectivity index (χ1n) is 6.22. The predicted octanol–water partition coefficient (Wildman–Crippen LogP) is 2.77. The molecule has 0 aromatic heterocycles. The zero-order chi connectivity index (χ0) is 12.3. The highest BCUT2D eigenvalue weighted by molar-refractivity contribution is 6.31. The van der Waals surface area contributed by atoms with Crippen LogP contribution in [0.2, 0.25) is 5.02 Å². The quantitative estimate of drug-likeness (QED) is 0.887. The smallest absolute Gasteiger partial charge is 0.0451 e. The Morgan fingerprint density at radius 3 is 2.82 bits per heavy atom. The Labute approximate surface area is 109 Å². The van der Waals surface area contributed by atoms with Gasteiger partial charge in [-0.3, -0.25) is 0 Å². The van der Waals surface area contributed by atoms with Crippen molar-refractivity contribution in [2.45, 2.75) is 19.9 Å². The fourth-order valence-corrected chi connectivity index (χ4v) is 2.82. The molecule has 1 aliphatic heterocycles. The molecule has 94 valence electrons. The molecule has 3 heteroatoms. The highest BCUT2D eigenvalue weighted by atomic mass is 35.5. The highest BCUT2D eigenvalue weighted by Crippen LogP contribution is 2.26. The summed E-state index contributed by atoms with van der Waals surface area (Å²) in [4.78, 5) is 2.37. The van der Waals surface area contributed by atoms with Crippen LogP contribution in [0.25, 0.3) is 0 Å². The Morgan fingerprint density at radius 2 is 2.18 bits per heavy atom. The fourth-order valence-electron chi connectivity index (χ4n) is 2.63. The van der Waals surface area contributed by atoms with Crippen LogP contribution >= 0.6 is 11.6 Å². The second-order valence-corrected chi connectivity index (χ2v) is 5.91. The average Bonchev–Trinajstić information content (AvgIpc) is 2.68. The second-order valence-electron chi connectivity index (χ2n) is 5.50. The minimum atomic E-state index is 0.413. The van der Waals surface area contributed by atoms with E-state index in [1.807, 2.05) is 18.2 Å². The molecule has 1 atom stereocenters. The molecule has 1 aromatic carbocycles. The van der Waals surface area contributed by atoms with Gasteiger partial charge in [-0.15, -0.1) is 0 Å². The van der Waals surface area contributed by atoms with Crippen molar-refractivity contribution in [1.82, 2.24) is 10.2 Å². The normalized spacial score (nSPS) is 24.5. The monoisotopic (exact) mass is 252 g/mol. The molecule has 0 bridgehead atoms. The van der Waals surface area contributed by atoms with Gasteiger partial charge in [-0.1, -0.05) is 36.7 Å². The minimum absolute atomic E-state index is 0.413. The van der Waals surface area contributed by atoms with E-state index in [4.69, 9.17) is 11.6 Å². The minimum Gasteiger partial charge on any atom is -0.316 e. The van der Waals surface area contributed by atoms with Crippen molar-refractivity contribution in [3.05, 3.63) is 34.9 Å². The van der Waals surface area contributed by atoms with E-state index in [2.05, 4.69) is 30.3 Å². The number of nitrogens with zero attached hydrogens (tertiary/aromatic N) is 1. The summed E-state index contributed by atoms with van der Waals surface area (Å²) >= 11 is 6.18. The fraction of sp³-hybridized carbons (Fsp3) is 0.571. The second kappa shape index (κ2) is 5.38. The van der Waals surface area contributed by atoms with Crippen LogP contribution in [0.15, 0.2) is 24.3 Å². The molecule has 0 amide bonds. The van der Waals surface area contributed by atoms with Crippen molar-refractivity contribution in [2.75, 3.05) is 26.7 Å². The lowest BCUT2D eigenvalue weighted by molar-refractivity contribution is 0.203. The molecule has 0 radical (unpaired) electrons. The van der Waals surface area contributed by atoms with E-state index in [1.165, 1.54) is 12.0 Å². The van der Waals surface area contributed by atoms with Gasteiger partial charge in [0, 0.05) is 24.7 Å². The van der Waals surface area contributed by atoms with E-state index in [9.17, 15) is 0 Å². The molecular formula is C14H21ClN2. The van der Waals surface area contributed by atoms with E-state index in [-0.39, 0.29) is 0 Å². The summed E-state index contributed by atoms with van der Waals surface area (Å²) in [7, 11) is 2.17. The molecule has 1 saturated heterocycles. The highest BCUT2D eigenvalue weighted by Gasteiger charge is 2.29. The van der Waals surface area contributed by atoms with E-state index >= 15 is 0 Å². The number of hydrogen-bond acceptors (Lipinski definition) is 2. The largest absolute Gasteiger partial charge is 0.316 e. The zero-order valence-corrected chi connectivity index (χ0v) is 11.4. The lowest BCUT2D eigenvalue weighted by atomic mass is 9.89. The van der Waals surface area contributed by atoms with Crippen molar-refractivity contribution >= 4 is 11.6 Å². The van der Waals surface area contributed by atoms with Gasteiger partial charge in [0.1, 0.15) is 0 Å². The number of rotatable bonds is 4. The summed E-state index contributed by atoms with van der Waals surface area (Å²) in [5.41, 5.74) is 1.63. The van der Waals surface area contributed by atoms with Crippen LogP contribution in [0.4, 0.5) is 0 Å². The maximum atomic E-state index is 6.18.